The van der Waals surface area contributed by atoms with Crippen molar-refractivity contribution in [2.24, 2.45) is 0 Å². The van der Waals surface area contributed by atoms with E-state index in [2.05, 4.69) is 32.7 Å². The monoisotopic (exact) mass is 366 g/mol. The van der Waals surface area contributed by atoms with Gasteiger partial charge in [0.1, 0.15) is 6.10 Å². The van der Waals surface area contributed by atoms with Gasteiger partial charge in [-0.25, -0.2) is 0 Å². The minimum absolute atomic E-state index is 0.0786. The Hall–Kier alpha value is 0.411. The van der Waals surface area contributed by atoms with E-state index in [9.17, 15) is 0 Å². The molecule has 9 heteroatoms. The second-order valence-corrected chi connectivity index (χ2v) is 17.8. The van der Waals surface area contributed by atoms with Crippen molar-refractivity contribution in [1.29, 1.82) is 0 Å². The first-order chi connectivity index (χ1) is 10.2. The fourth-order valence-electron chi connectivity index (χ4n) is 3.14. The third kappa shape index (κ3) is 6.13. The van der Waals surface area contributed by atoms with Gasteiger partial charge in [0, 0.05) is 6.61 Å². The molecule has 130 valence electrons. The van der Waals surface area contributed by atoms with Crippen LogP contribution in [-0.4, -0.2) is 64.8 Å². The topological polar surface area (TPSA) is 55.4 Å². The molecule has 0 saturated carbocycles. The van der Waals surface area contributed by atoms with Crippen LogP contribution in [0, 0.1) is 0 Å². The predicted molar refractivity (Wildman–Crippen MR) is 90.6 cm³/mol. The number of ether oxygens (including phenoxy) is 3. The van der Waals surface area contributed by atoms with Gasteiger partial charge in [0.25, 0.3) is 0 Å². The molecule has 2 heterocycles. The summed E-state index contributed by atoms with van der Waals surface area (Å²) in [6, 6.07) is 0.950. The molecule has 0 amide bonds. The summed E-state index contributed by atoms with van der Waals surface area (Å²) in [7, 11) is -6.21. The van der Waals surface area contributed by atoms with Crippen LogP contribution in [0.2, 0.25) is 38.8 Å². The molecule has 2 fully saturated rings. The van der Waals surface area contributed by atoms with Gasteiger partial charge >= 0.3 is 25.7 Å². The van der Waals surface area contributed by atoms with Gasteiger partial charge < -0.3 is 26.6 Å². The lowest BCUT2D eigenvalue weighted by atomic mass is 10.4. The van der Waals surface area contributed by atoms with Crippen LogP contribution >= 0.6 is 0 Å². The standard InChI is InChI=1S/C13H30O6Si3/c1-20(2)17-21(3,4)19-22(5,18-20)10-6-7-14-11-13-12-15-8-9-16-13/h13H,6-12H2,1-5H3. The fraction of sp³-hybridized carbons (Fsp3) is 1.00. The molecule has 0 aromatic heterocycles. The van der Waals surface area contributed by atoms with E-state index in [-0.39, 0.29) is 6.10 Å². The van der Waals surface area contributed by atoms with Crippen LogP contribution in [0.1, 0.15) is 6.42 Å². The molecule has 1 unspecified atom stereocenters. The van der Waals surface area contributed by atoms with Gasteiger partial charge in [-0.15, -0.1) is 0 Å². The van der Waals surface area contributed by atoms with Crippen molar-refractivity contribution in [2.75, 3.05) is 33.0 Å². The molecule has 0 spiro atoms. The fourth-order valence-corrected chi connectivity index (χ4v) is 19.4. The van der Waals surface area contributed by atoms with Crippen LogP contribution in [0.4, 0.5) is 0 Å². The molecule has 0 aliphatic carbocycles. The molecule has 0 aromatic rings. The van der Waals surface area contributed by atoms with Crippen LogP contribution in [-0.2, 0) is 26.6 Å². The molecule has 2 saturated heterocycles. The summed E-state index contributed by atoms with van der Waals surface area (Å²) < 4.78 is 35.2. The van der Waals surface area contributed by atoms with Crippen LogP contribution in [0.5, 0.6) is 0 Å². The van der Waals surface area contributed by atoms with Crippen molar-refractivity contribution in [3.05, 3.63) is 0 Å². The van der Waals surface area contributed by atoms with Gasteiger partial charge in [-0.2, -0.15) is 0 Å². The molecule has 0 N–H and O–H groups in total. The van der Waals surface area contributed by atoms with Crippen molar-refractivity contribution in [2.45, 2.75) is 51.3 Å². The van der Waals surface area contributed by atoms with Crippen molar-refractivity contribution < 1.29 is 26.6 Å². The maximum Gasteiger partial charge on any atom is 0.317 e. The Labute approximate surface area is 137 Å². The van der Waals surface area contributed by atoms with E-state index in [4.69, 9.17) is 26.6 Å². The maximum absolute atomic E-state index is 6.26. The molecule has 0 bridgehead atoms. The van der Waals surface area contributed by atoms with Crippen LogP contribution in [0.3, 0.4) is 0 Å². The zero-order chi connectivity index (χ0) is 16.3. The zero-order valence-corrected chi connectivity index (χ0v) is 17.5. The first-order valence-electron chi connectivity index (χ1n) is 8.07. The molecule has 22 heavy (non-hydrogen) atoms. The Morgan fingerprint density at radius 3 is 2.23 bits per heavy atom. The van der Waals surface area contributed by atoms with Crippen molar-refractivity contribution in [3.8, 4) is 0 Å². The Morgan fingerprint density at radius 1 is 0.955 bits per heavy atom. The Kier molecular flexibility index (Phi) is 6.42. The minimum Gasteiger partial charge on any atom is -0.416 e. The highest BCUT2D eigenvalue weighted by Gasteiger charge is 2.52. The van der Waals surface area contributed by atoms with Gasteiger partial charge in [-0.1, -0.05) is 0 Å². The summed E-state index contributed by atoms with van der Waals surface area (Å²) in [6.45, 7) is 13.9. The van der Waals surface area contributed by atoms with E-state index < -0.39 is 25.7 Å². The van der Waals surface area contributed by atoms with E-state index in [1.807, 2.05) is 0 Å². The summed E-state index contributed by atoms with van der Waals surface area (Å²) in [6.07, 6.45) is 1.03. The molecule has 2 aliphatic rings. The highest BCUT2D eigenvalue weighted by Crippen LogP contribution is 2.33. The Bertz CT molecular complexity index is 344. The third-order valence-corrected chi connectivity index (χ3v) is 16.1. The lowest BCUT2D eigenvalue weighted by molar-refractivity contribution is -0.115. The normalized spacial score (nSPS) is 30.1. The number of hydrogen-bond acceptors (Lipinski definition) is 6. The summed E-state index contributed by atoms with van der Waals surface area (Å²) in [5.74, 6) is 0. The smallest absolute Gasteiger partial charge is 0.317 e. The Morgan fingerprint density at radius 2 is 1.64 bits per heavy atom. The van der Waals surface area contributed by atoms with Crippen LogP contribution in [0.25, 0.3) is 0 Å². The minimum atomic E-state index is -2.13. The van der Waals surface area contributed by atoms with Crippen LogP contribution in [0.15, 0.2) is 0 Å². The SMILES string of the molecule is C[Si]1(C)O[Si](C)(C)O[Si](C)(CCCOCC2COCCO2)O1. The van der Waals surface area contributed by atoms with E-state index in [0.717, 1.165) is 12.5 Å². The maximum atomic E-state index is 6.26. The average molecular weight is 367 g/mol. The summed E-state index contributed by atoms with van der Waals surface area (Å²) >= 11 is 0. The molecule has 0 radical (unpaired) electrons. The van der Waals surface area contributed by atoms with Gasteiger partial charge in [0.15, 0.2) is 0 Å². The highest BCUT2D eigenvalue weighted by molar-refractivity contribution is 6.92. The van der Waals surface area contributed by atoms with Gasteiger partial charge in [0.2, 0.25) is 0 Å². The molecule has 2 rings (SSSR count). The molecule has 2 aliphatic heterocycles. The van der Waals surface area contributed by atoms with E-state index in [0.29, 0.717) is 33.0 Å². The third-order valence-electron chi connectivity index (χ3n) is 3.52. The van der Waals surface area contributed by atoms with E-state index >= 15 is 0 Å². The summed E-state index contributed by atoms with van der Waals surface area (Å²) in [4.78, 5) is 0. The van der Waals surface area contributed by atoms with Crippen molar-refractivity contribution in [3.63, 3.8) is 0 Å². The summed E-state index contributed by atoms with van der Waals surface area (Å²) in [5, 5.41) is 0. The highest BCUT2D eigenvalue weighted by atomic mass is 28.5. The lowest BCUT2D eigenvalue weighted by Gasteiger charge is -2.48. The van der Waals surface area contributed by atoms with E-state index in [1.165, 1.54) is 0 Å². The second kappa shape index (κ2) is 7.53. The Balaban J connectivity index is 1.68. The first kappa shape index (κ1) is 18.7. The molecular formula is C13H30O6Si3. The molecule has 6 nitrogen and oxygen atoms in total. The predicted octanol–water partition coefficient (Wildman–Crippen LogP) is 2.35. The van der Waals surface area contributed by atoms with Gasteiger partial charge in [-0.05, 0) is 45.2 Å². The van der Waals surface area contributed by atoms with Crippen molar-refractivity contribution in [1.82, 2.24) is 0 Å². The van der Waals surface area contributed by atoms with Crippen LogP contribution < -0.4 is 0 Å². The molecular weight excluding hydrogens is 336 g/mol. The number of rotatable bonds is 6. The largest absolute Gasteiger partial charge is 0.416 e. The molecule has 1 atom stereocenters. The molecule has 0 aromatic carbocycles. The quantitative estimate of drug-likeness (QED) is 0.531. The lowest BCUT2D eigenvalue weighted by Crippen LogP contribution is -2.65. The van der Waals surface area contributed by atoms with Gasteiger partial charge in [-0.3, -0.25) is 0 Å². The first-order valence-corrected chi connectivity index (χ1v) is 16.2. The zero-order valence-electron chi connectivity index (χ0n) is 14.5. The van der Waals surface area contributed by atoms with Gasteiger partial charge in [0.05, 0.1) is 26.4 Å². The average Bonchev–Trinajstić information content (AvgIpc) is 2.35. The number of hydrogen-bond donors (Lipinski definition) is 0. The summed E-state index contributed by atoms with van der Waals surface area (Å²) in [5.41, 5.74) is 0. The van der Waals surface area contributed by atoms with Crippen molar-refractivity contribution >= 4 is 25.7 Å². The van der Waals surface area contributed by atoms with E-state index in [1.54, 1.807) is 0 Å². The second-order valence-electron chi connectivity index (χ2n) is 6.99.